The quantitative estimate of drug-likeness (QED) is 0.793. The number of carbonyl (C=O) groups excluding carboxylic acids is 2. The lowest BCUT2D eigenvalue weighted by atomic mass is 10.2. The molecule has 0 spiro atoms. The number of amides is 1. The Bertz CT molecular complexity index is 586. The standard InChI is InChI=1S/C17H24ClN3O3/c1-3-20-8-10-21(11-9-20)7-6-16(22)19-15-12-13(17(23)24-2)4-5-14(15)18/h4-5,12H,3,6-11H2,1-2H3,(H,19,22). The number of nitrogens with zero attached hydrogens (tertiary/aromatic N) is 2. The summed E-state index contributed by atoms with van der Waals surface area (Å²) in [6, 6.07) is 4.68. The minimum absolute atomic E-state index is 0.114. The highest BCUT2D eigenvalue weighted by atomic mass is 35.5. The fraction of sp³-hybridized carbons (Fsp3) is 0.529. The van der Waals surface area contributed by atoms with Crippen molar-refractivity contribution in [2.45, 2.75) is 13.3 Å². The van der Waals surface area contributed by atoms with E-state index in [1.54, 1.807) is 12.1 Å². The molecule has 1 N–H and O–H groups in total. The lowest BCUT2D eigenvalue weighted by molar-refractivity contribution is -0.116. The maximum Gasteiger partial charge on any atom is 0.337 e. The van der Waals surface area contributed by atoms with Gasteiger partial charge in [0.2, 0.25) is 5.91 Å². The summed E-state index contributed by atoms with van der Waals surface area (Å²) in [6.07, 6.45) is 0.394. The van der Waals surface area contributed by atoms with Gasteiger partial charge < -0.3 is 19.9 Å². The molecule has 24 heavy (non-hydrogen) atoms. The first-order valence-electron chi connectivity index (χ1n) is 8.16. The van der Waals surface area contributed by atoms with E-state index in [4.69, 9.17) is 11.6 Å². The van der Waals surface area contributed by atoms with Gasteiger partial charge in [0.25, 0.3) is 0 Å². The predicted molar refractivity (Wildman–Crippen MR) is 94.6 cm³/mol. The first-order valence-corrected chi connectivity index (χ1v) is 8.53. The fourth-order valence-corrected chi connectivity index (χ4v) is 2.83. The van der Waals surface area contributed by atoms with Crippen LogP contribution in [0.4, 0.5) is 5.69 Å². The number of methoxy groups -OCH3 is 1. The van der Waals surface area contributed by atoms with E-state index < -0.39 is 5.97 Å². The number of anilines is 1. The van der Waals surface area contributed by atoms with Crippen molar-refractivity contribution in [1.82, 2.24) is 9.80 Å². The number of halogens is 1. The van der Waals surface area contributed by atoms with Crippen molar-refractivity contribution in [3.63, 3.8) is 0 Å². The van der Waals surface area contributed by atoms with Gasteiger partial charge in [-0.15, -0.1) is 0 Å². The van der Waals surface area contributed by atoms with Crippen molar-refractivity contribution in [2.75, 3.05) is 51.7 Å². The Morgan fingerprint density at radius 3 is 2.50 bits per heavy atom. The van der Waals surface area contributed by atoms with Gasteiger partial charge in [-0.25, -0.2) is 4.79 Å². The van der Waals surface area contributed by atoms with Crippen LogP contribution in [0.15, 0.2) is 18.2 Å². The first-order chi connectivity index (χ1) is 11.5. The van der Waals surface area contributed by atoms with E-state index in [1.807, 2.05) is 0 Å². The molecule has 2 rings (SSSR count). The van der Waals surface area contributed by atoms with Crippen LogP contribution in [0.3, 0.4) is 0 Å². The third-order valence-corrected chi connectivity index (χ3v) is 4.56. The molecular formula is C17H24ClN3O3. The third-order valence-electron chi connectivity index (χ3n) is 4.23. The molecule has 0 aliphatic carbocycles. The van der Waals surface area contributed by atoms with E-state index in [0.717, 1.165) is 39.3 Å². The van der Waals surface area contributed by atoms with Crippen molar-refractivity contribution in [2.24, 2.45) is 0 Å². The smallest absolute Gasteiger partial charge is 0.337 e. The molecule has 132 valence electrons. The molecule has 7 heteroatoms. The highest BCUT2D eigenvalue weighted by molar-refractivity contribution is 6.33. The van der Waals surface area contributed by atoms with E-state index in [9.17, 15) is 9.59 Å². The lowest BCUT2D eigenvalue weighted by Crippen LogP contribution is -2.46. The number of nitrogens with one attached hydrogen (secondary N) is 1. The van der Waals surface area contributed by atoms with Crippen LogP contribution in [0.5, 0.6) is 0 Å². The van der Waals surface area contributed by atoms with Crippen LogP contribution in [-0.2, 0) is 9.53 Å². The normalized spacial score (nSPS) is 16.0. The van der Waals surface area contributed by atoms with Crippen molar-refractivity contribution >= 4 is 29.2 Å². The zero-order valence-electron chi connectivity index (χ0n) is 14.2. The molecule has 1 fully saturated rings. The molecule has 1 heterocycles. The molecule has 1 aromatic rings. The topological polar surface area (TPSA) is 61.9 Å². The first kappa shape index (κ1) is 18.7. The van der Waals surface area contributed by atoms with Crippen molar-refractivity contribution in [1.29, 1.82) is 0 Å². The van der Waals surface area contributed by atoms with E-state index in [2.05, 4.69) is 26.8 Å². The average Bonchev–Trinajstić information content (AvgIpc) is 2.61. The number of esters is 1. The van der Waals surface area contributed by atoms with Crippen molar-refractivity contribution in [3.05, 3.63) is 28.8 Å². The number of benzene rings is 1. The molecule has 1 aliphatic heterocycles. The van der Waals surface area contributed by atoms with Crippen molar-refractivity contribution in [3.8, 4) is 0 Å². The summed E-state index contributed by atoms with van der Waals surface area (Å²) in [7, 11) is 1.31. The van der Waals surface area contributed by atoms with Crippen molar-refractivity contribution < 1.29 is 14.3 Å². The van der Waals surface area contributed by atoms with Gasteiger partial charge in [-0.3, -0.25) is 4.79 Å². The molecule has 1 saturated heterocycles. The number of likely N-dealkylation sites (N-methyl/N-ethyl adjacent to an activating group) is 1. The summed E-state index contributed by atoms with van der Waals surface area (Å²) >= 11 is 6.09. The molecule has 1 aliphatic rings. The number of carbonyl (C=O) groups is 2. The SMILES string of the molecule is CCN1CCN(CCC(=O)Nc2cc(C(=O)OC)ccc2Cl)CC1. The Morgan fingerprint density at radius 1 is 1.21 bits per heavy atom. The number of hydrogen-bond donors (Lipinski definition) is 1. The van der Waals surface area contributed by atoms with Gasteiger partial charge in [-0.05, 0) is 24.7 Å². The third kappa shape index (κ3) is 5.19. The van der Waals surface area contributed by atoms with Gasteiger partial charge in [0.05, 0.1) is 23.4 Å². The van der Waals surface area contributed by atoms with E-state index >= 15 is 0 Å². The molecular weight excluding hydrogens is 330 g/mol. The fourth-order valence-electron chi connectivity index (χ4n) is 2.67. The Hall–Kier alpha value is -1.63. The van der Waals surface area contributed by atoms with Crippen LogP contribution in [0.2, 0.25) is 5.02 Å². The van der Waals surface area contributed by atoms with Gasteiger partial charge >= 0.3 is 5.97 Å². The highest BCUT2D eigenvalue weighted by Crippen LogP contribution is 2.23. The second-order valence-corrected chi connectivity index (χ2v) is 6.17. The zero-order chi connectivity index (χ0) is 17.5. The summed E-state index contributed by atoms with van der Waals surface area (Å²) in [5.41, 5.74) is 0.785. The molecule has 0 radical (unpaired) electrons. The molecule has 6 nitrogen and oxygen atoms in total. The largest absolute Gasteiger partial charge is 0.465 e. The predicted octanol–water partition coefficient (Wildman–Crippen LogP) is 2.09. The van der Waals surface area contributed by atoms with Crippen LogP contribution < -0.4 is 5.32 Å². The number of hydrogen-bond acceptors (Lipinski definition) is 5. The summed E-state index contributed by atoms with van der Waals surface area (Å²) in [5, 5.41) is 3.17. The van der Waals surface area contributed by atoms with E-state index in [0.29, 0.717) is 22.7 Å². The van der Waals surface area contributed by atoms with Crippen LogP contribution in [0.1, 0.15) is 23.7 Å². The summed E-state index contributed by atoms with van der Waals surface area (Å²) in [4.78, 5) is 28.4. The van der Waals surface area contributed by atoms with Crippen LogP contribution >= 0.6 is 11.6 Å². The second kappa shape index (κ2) is 9.01. The average molecular weight is 354 g/mol. The van der Waals surface area contributed by atoms with Gasteiger partial charge in [-0.1, -0.05) is 18.5 Å². The maximum atomic E-state index is 12.2. The molecule has 0 bridgehead atoms. The molecule has 1 amide bonds. The van der Waals surface area contributed by atoms with Crippen LogP contribution in [0.25, 0.3) is 0 Å². The maximum absolute atomic E-state index is 12.2. The summed E-state index contributed by atoms with van der Waals surface area (Å²) in [6.45, 7) is 8.02. The Labute approximate surface area is 147 Å². The van der Waals surface area contributed by atoms with Gasteiger partial charge in [0.1, 0.15) is 0 Å². The molecule has 0 atom stereocenters. The number of rotatable bonds is 6. The van der Waals surface area contributed by atoms with Gasteiger partial charge in [0, 0.05) is 39.1 Å². The number of piperazine rings is 1. The molecule has 1 aromatic carbocycles. The molecule has 0 saturated carbocycles. The van der Waals surface area contributed by atoms with Crippen LogP contribution in [0, 0.1) is 0 Å². The monoisotopic (exact) mass is 353 g/mol. The summed E-state index contributed by atoms with van der Waals surface area (Å²) in [5.74, 6) is -0.576. The highest BCUT2D eigenvalue weighted by Gasteiger charge is 2.17. The zero-order valence-corrected chi connectivity index (χ0v) is 14.9. The minimum Gasteiger partial charge on any atom is -0.465 e. The van der Waals surface area contributed by atoms with E-state index in [1.165, 1.54) is 13.2 Å². The Balaban J connectivity index is 1.85. The molecule has 0 unspecified atom stereocenters. The summed E-state index contributed by atoms with van der Waals surface area (Å²) < 4.78 is 4.68. The Kier molecular flexibility index (Phi) is 7.02. The second-order valence-electron chi connectivity index (χ2n) is 5.76. The van der Waals surface area contributed by atoms with E-state index in [-0.39, 0.29) is 5.91 Å². The van der Waals surface area contributed by atoms with Crippen LogP contribution in [-0.4, -0.2) is 68.1 Å². The Morgan fingerprint density at radius 2 is 1.88 bits per heavy atom. The van der Waals surface area contributed by atoms with Gasteiger partial charge in [0.15, 0.2) is 0 Å². The number of ether oxygens (including phenoxy) is 1. The minimum atomic E-state index is -0.462. The lowest BCUT2D eigenvalue weighted by Gasteiger charge is -2.33. The molecule has 0 aromatic heterocycles. The van der Waals surface area contributed by atoms with Gasteiger partial charge in [-0.2, -0.15) is 0 Å².